The Kier molecular flexibility index (Phi) is 8.72. The zero-order valence-corrected chi connectivity index (χ0v) is 16.6. The maximum Gasteiger partial charge on any atom is 0.329 e. The first-order chi connectivity index (χ1) is 13.5. The first kappa shape index (κ1) is 21.7. The first-order valence-electron chi connectivity index (χ1n) is 10.00. The van der Waals surface area contributed by atoms with Crippen molar-refractivity contribution in [2.45, 2.75) is 70.6 Å². The van der Waals surface area contributed by atoms with Crippen LogP contribution in [0.3, 0.4) is 0 Å². The van der Waals surface area contributed by atoms with E-state index in [-0.39, 0.29) is 11.9 Å². The molecule has 0 unspecified atom stereocenters. The van der Waals surface area contributed by atoms with Crippen molar-refractivity contribution in [3.63, 3.8) is 0 Å². The van der Waals surface area contributed by atoms with Crippen molar-refractivity contribution >= 4 is 23.9 Å². The highest BCUT2D eigenvalue weighted by molar-refractivity contribution is 5.94. The Morgan fingerprint density at radius 2 is 1.68 bits per heavy atom. The van der Waals surface area contributed by atoms with Crippen molar-refractivity contribution in [1.82, 2.24) is 10.6 Å². The number of carbonyl (C=O) groups is 3. The minimum Gasteiger partial charge on any atom is -0.451 e. The second kappa shape index (κ2) is 11.3. The molecule has 1 saturated carbocycles. The molecule has 6 heteroatoms. The van der Waals surface area contributed by atoms with Gasteiger partial charge in [0.2, 0.25) is 5.91 Å². The molecule has 152 valence electrons. The lowest BCUT2D eigenvalue weighted by atomic mass is 10.1. The molecule has 1 aliphatic carbocycles. The zero-order valence-electron chi connectivity index (χ0n) is 16.6. The zero-order chi connectivity index (χ0) is 20.4. The van der Waals surface area contributed by atoms with E-state index in [2.05, 4.69) is 10.6 Å². The molecule has 0 heterocycles. The Morgan fingerprint density at radius 1 is 1.04 bits per heavy atom. The second-order valence-electron chi connectivity index (χ2n) is 7.25. The smallest absolute Gasteiger partial charge is 0.329 e. The lowest BCUT2D eigenvalue weighted by Gasteiger charge is -2.21. The molecular formula is C22H30N2O4. The Hall–Kier alpha value is -2.63. The van der Waals surface area contributed by atoms with Crippen LogP contribution >= 0.6 is 0 Å². The summed E-state index contributed by atoms with van der Waals surface area (Å²) in [5.74, 6) is -1.32. The van der Waals surface area contributed by atoms with Gasteiger partial charge in [-0.3, -0.25) is 9.59 Å². The number of ether oxygens (including phenoxy) is 1. The number of benzene rings is 1. The van der Waals surface area contributed by atoms with Gasteiger partial charge in [-0.15, -0.1) is 0 Å². The maximum atomic E-state index is 12.3. The minimum absolute atomic E-state index is 0.149. The van der Waals surface area contributed by atoms with E-state index in [4.69, 9.17) is 4.74 Å². The predicted octanol–water partition coefficient (Wildman–Crippen LogP) is 2.98. The summed E-state index contributed by atoms with van der Waals surface area (Å²) in [4.78, 5) is 36.4. The monoisotopic (exact) mass is 386 g/mol. The molecule has 1 fully saturated rings. The van der Waals surface area contributed by atoms with Gasteiger partial charge in [0.15, 0.2) is 6.10 Å². The van der Waals surface area contributed by atoms with E-state index in [1.807, 2.05) is 30.3 Å². The highest BCUT2D eigenvalue weighted by Gasteiger charge is 2.24. The van der Waals surface area contributed by atoms with E-state index in [1.165, 1.54) is 25.8 Å². The summed E-state index contributed by atoms with van der Waals surface area (Å²) in [6.45, 7) is 3.08. The fraction of sp³-hybridized carbons (Fsp3) is 0.500. The van der Waals surface area contributed by atoms with Crippen LogP contribution in [0.2, 0.25) is 0 Å². The lowest BCUT2D eigenvalue weighted by Crippen LogP contribution is -2.45. The van der Waals surface area contributed by atoms with Crippen molar-refractivity contribution in [3.8, 4) is 0 Å². The van der Waals surface area contributed by atoms with Crippen molar-refractivity contribution in [2.75, 3.05) is 0 Å². The highest BCUT2D eigenvalue weighted by atomic mass is 16.5. The van der Waals surface area contributed by atoms with E-state index in [0.717, 1.165) is 31.2 Å². The molecule has 1 aromatic carbocycles. The third-order valence-corrected chi connectivity index (χ3v) is 4.80. The van der Waals surface area contributed by atoms with E-state index in [9.17, 15) is 14.4 Å². The number of rotatable bonds is 7. The van der Waals surface area contributed by atoms with Crippen LogP contribution in [-0.4, -0.2) is 36.0 Å². The fourth-order valence-corrected chi connectivity index (χ4v) is 3.13. The molecule has 0 aromatic heterocycles. The topological polar surface area (TPSA) is 84.5 Å². The molecule has 1 aliphatic rings. The number of hydrogen-bond donors (Lipinski definition) is 2. The number of nitrogens with one attached hydrogen (secondary N) is 2. The molecule has 0 saturated heterocycles. The van der Waals surface area contributed by atoms with Crippen LogP contribution in [0.25, 0.3) is 6.08 Å². The van der Waals surface area contributed by atoms with Gasteiger partial charge in [0.05, 0.1) is 0 Å². The number of hydrogen-bond acceptors (Lipinski definition) is 4. The van der Waals surface area contributed by atoms with Crippen LogP contribution in [0.15, 0.2) is 36.4 Å². The molecule has 2 N–H and O–H groups in total. The summed E-state index contributed by atoms with van der Waals surface area (Å²) in [6.07, 6.45) is 8.68. The summed E-state index contributed by atoms with van der Waals surface area (Å²) in [6, 6.07) is 8.69. The van der Waals surface area contributed by atoms with Crippen LogP contribution in [0.1, 0.15) is 57.9 Å². The van der Waals surface area contributed by atoms with E-state index in [1.54, 1.807) is 13.0 Å². The Balaban J connectivity index is 1.76. The van der Waals surface area contributed by atoms with Crippen LogP contribution in [0.4, 0.5) is 0 Å². The molecule has 0 radical (unpaired) electrons. The van der Waals surface area contributed by atoms with Gasteiger partial charge in [0, 0.05) is 12.1 Å². The normalized spacial score (nSPS) is 17.4. The van der Waals surface area contributed by atoms with E-state index < -0.39 is 24.0 Å². The average molecular weight is 386 g/mol. The Morgan fingerprint density at radius 3 is 2.32 bits per heavy atom. The molecule has 2 atom stereocenters. The van der Waals surface area contributed by atoms with Gasteiger partial charge >= 0.3 is 5.97 Å². The van der Waals surface area contributed by atoms with Crippen LogP contribution in [0, 0.1) is 0 Å². The van der Waals surface area contributed by atoms with Gasteiger partial charge in [0.1, 0.15) is 6.04 Å². The summed E-state index contributed by atoms with van der Waals surface area (Å²) in [7, 11) is 0. The Labute approximate surface area is 166 Å². The molecule has 28 heavy (non-hydrogen) atoms. The molecule has 0 bridgehead atoms. The van der Waals surface area contributed by atoms with Gasteiger partial charge in [-0.1, -0.05) is 56.0 Å². The molecule has 0 aliphatic heterocycles. The quantitative estimate of drug-likeness (QED) is 0.429. The molecular weight excluding hydrogens is 356 g/mol. The predicted molar refractivity (Wildman–Crippen MR) is 108 cm³/mol. The Bertz CT molecular complexity index is 679. The van der Waals surface area contributed by atoms with Gasteiger partial charge in [-0.2, -0.15) is 0 Å². The molecule has 1 aromatic rings. The van der Waals surface area contributed by atoms with Crippen LogP contribution < -0.4 is 10.6 Å². The minimum atomic E-state index is -0.894. The number of esters is 1. The summed E-state index contributed by atoms with van der Waals surface area (Å²) in [5, 5.41) is 5.52. The number of carbonyl (C=O) groups excluding carboxylic acids is 3. The third kappa shape index (κ3) is 7.55. The third-order valence-electron chi connectivity index (χ3n) is 4.80. The molecule has 6 nitrogen and oxygen atoms in total. The molecule has 0 spiro atoms. The number of amides is 2. The van der Waals surface area contributed by atoms with Gasteiger partial charge in [0.25, 0.3) is 5.91 Å². The second-order valence-corrected chi connectivity index (χ2v) is 7.25. The van der Waals surface area contributed by atoms with Crippen molar-refractivity contribution < 1.29 is 19.1 Å². The van der Waals surface area contributed by atoms with E-state index in [0.29, 0.717) is 0 Å². The van der Waals surface area contributed by atoms with Gasteiger partial charge in [-0.25, -0.2) is 4.79 Å². The average Bonchev–Trinajstić information content (AvgIpc) is 2.95. The van der Waals surface area contributed by atoms with Crippen LogP contribution in [0.5, 0.6) is 0 Å². The molecule has 2 amide bonds. The first-order valence-corrected chi connectivity index (χ1v) is 10.00. The van der Waals surface area contributed by atoms with Crippen LogP contribution in [-0.2, 0) is 19.1 Å². The van der Waals surface area contributed by atoms with Crippen molar-refractivity contribution in [2.24, 2.45) is 0 Å². The standard InChI is InChI=1S/C22H30N2O4/c1-16(23-20(25)15-14-18-10-6-5-7-11-18)22(27)28-17(2)21(26)24-19-12-8-3-4-9-13-19/h5-7,10-11,14-17,19H,3-4,8-9,12-13H2,1-2H3,(H,23,25)(H,24,26)/b15-14+/t16-,17-/m0/s1. The summed E-state index contributed by atoms with van der Waals surface area (Å²) < 4.78 is 5.22. The largest absolute Gasteiger partial charge is 0.451 e. The van der Waals surface area contributed by atoms with E-state index >= 15 is 0 Å². The van der Waals surface area contributed by atoms with Crippen molar-refractivity contribution in [3.05, 3.63) is 42.0 Å². The summed E-state index contributed by atoms with van der Waals surface area (Å²) in [5.41, 5.74) is 0.886. The fourth-order valence-electron chi connectivity index (χ4n) is 3.13. The maximum absolute atomic E-state index is 12.3. The molecule has 2 rings (SSSR count). The summed E-state index contributed by atoms with van der Waals surface area (Å²) >= 11 is 0. The van der Waals surface area contributed by atoms with Gasteiger partial charge in [-0.05, 0) is 38.3 Å². The highest BCUT2D eigenvalue weighted by Crippen LogP contribution is 2.17. The SMILES string of the molecule is C[C@H](NC(=O)/C=C/c1ccccc1)C(=O)O[C@@H](C)C(=O)NC1CCCCCC1. The van der Waals surface area contributed by atoms with Crippen molar-refractivity contribution in [1.29, 1.82) is 0 Å². The van der Waals surface area contributed by atoms with Gasteiger partial charge < -0.3 is 15.4 Å². The lowest BCUT2D eigenvalue weighted by molar-refractivity contribution is -0.157.